The Morgan fingerprint density at radius 2 is 1.25 bits per heavy atom. The Labute approximate surface area is 245 Å². The summed E-state index contributed by atoms with van der Waals surface area (Å²) in [5.74, 6) is -1.37. The molecule has 0 heterocycles. The molecule has 0 aromatic heterocycles. The van der Waals surface area contributed by atoms with E-state index in [4.69, 9.17) is 9.84 Å². The summed E-state index contributed by atoms with van der Waals surface area (Å²) in [6.45, 7) is 4.10. The van der Waals surface area contributed by atoms with Gasteiger partial charge in [-0.15, -0.1) is 0 Å². The normalized spacial score (nSPS) is 12.4. The molecule has 0 aliphatic rings. The molecule has 0 aliphatic heterocycles. The number of amides is 1. The van der Waals surface area contributed by atoms with Crippen molar-refractivity contribution in [2.75, 3.05) is 6.54 Å². The van der Waals surface area contributed by atoms with Gasteiger partial charge < -0.3 is 15.2 Å². The van der Waals surface area contributed by atoms with E-state index < -0.39 is 5.97 Å². The van der Waals surface area contributed by atoms with E-state index in [0.29, 0.717) is 12.8 Å². The quantitative estimate of drug-likeness (QED) is 0.0565. The molecule has 0 aromatic rings. The van der Waals surface area contributed by atoms with Crippen molar-refractivity contribution in [1.82, 2.24) is 5.32 Å². The number of hydrogen-bond donors (Lipinski definition) is 2. The third-order valence-corrected chi connectivity index (χ3v) is 6.77. The van der Waals surface area contributed by atoms with Crippen LogP contribution in [0.5, 0.6) is 0 Å². The van der Waals surface area contributed by atoms with Crippen LogP contribution < -0.4 is 5.32 Å². The fourth-order valence-electron chi connectivity index (χ4n) is 4.32. The summed E-state index contributed by atoms with van der Waals surface area (Å²) in [7, 11) is 0. The predicted molar refractivity (Wildman–Crippen MR) is 166 cm³/mol. The number of carbonyl (C=O) groups excluding carboxylic acids is 2. The second-order valence-electron chi connectivity index (χ2n) is 10.7. The second kappa shape index (κ2) is 29.6. The van der Waals surface area contributed by atoms with E-state index in [0.717, 1.165) is 64.2 Å². The highest BCUT2D eigenvalue weighted by Crippen LogP contribution is 2.14. The van der Waals surface area contributed by atoms with Crippen molar-refractivity contribution in [2.24, 2.45) is 0 Å². The van der Waals surface area contributed by atoms with Crippen LogP contribution in [-0.2, 0) is 19.1 Å². The number of carboxylic acid groups (broad SMARTS) is 1. The summed E-state index contributed by atoms with van der Waals surface area (Å²) in [6.07, 6.45) is 34.1. The molecule has 0 aliphatic carbocycles. The van der Waals surface area contributed by atoms with Crippen molar-refractivity contribution in [3.8, 4) is 0 Å². The van der Waals surface area contributed by atoms with Crippen molar-refractivity contribution in [2.45, 2.75) is 155 Å². The van der Waals surface area contributed by atoms with E-state index in [1.165, 1.54) is 57.8 Å². The number of hydrogen-bond acceptors (Lipinski definition) is 4. The first-order valence-corrected chi connectivity index (χ1v) is 16.1. The highest BCUT2D eigenvalue weighted by atomic mass is 16.5. The van der Waals surface area contributed by atoms with Crippen LogP contribution in [0.1, 0.15) is 149 Å². The number of aliphatic carboxylic acids is 1. The Hall–Kier alpha value is -2.37. The third kappa shape index (κ3) is 28.6. The van der Waals surface area contributed by atoms with Gasteiger partial charge in [-0.25, -0.2) is 0 Å². The summed E-state index contributed by atoms with van der Waals surface area (Å²) < 4.78 is 5.82. The molecule has 6 nitrogen and oxygen atoms in total. The van der Waals surface area contributed by atoms with Gasteiger partial charge in [0.15, 0.2) is 0 Å². The number of unbranched alkanes of at least 4 members (excludes halogenated alkanes) is 13. The highest BCUT2D eigenvalue weighted by Gasteiger charge is 2.11. The smallest absolute Gasteiger partial charge is 0.322 e. The van der Waals surface area contributed by atoms with Crippen LogP contribution in [0, 0.1) is 0 Å². The van der Waals surface area contributed by atoms with Gasteiger partial charge in [-0.05, 0) is 70.3 Å². The lowest BCUT2D eigenvalue weighted by atomic mass is 10.1. The minimum atomic E-state index is -1.03. The second-order valence-corrected chi connectivity index (χ2v) is 10.7. The van der Waals surface area contributed by atoms with Gasteiger partial charge in [-0.2, -0.15) is 0 Å². The molecule has 1 atom stereocenters. The lowest BCUT2D eigenvalue weighted by Gasteiger charge is -2.14. The van der Waals surface area contributed by atoms with E-state index in [9.17, 15) is 14.4 Å². The van der Waals surface area contributed by atoms with Crippen LogP contribution in [-0.4, -0.2) is 35.6 Å². The van der Waals surface area contributed by atoms with E-state index >= 15 is 0 Å². The molecule has 6 heteroatoms. The van der Waals surface area contributed by atoms with Crippen LogP contribution in [0.2, 0.25) is 0 Å². The molecule has 0 saturated heterocycles. The van der Waals surface area contributed by atoms with E-state index in [1.54, 1.807) is 0 Å². The van der Waals surface area contributed by atoms with Crippen molar-refractivity contribution in [3.05, 3.63) is 36.5 Å². The maximum Gasteiger partial charge on any atom is 0.322 e. The number of esters is 1. The zero-order valence-corrected chi connectivity index (χ0v) is 25.7. The zero-order valence-electron chi connectivity index (χ0n) is 25.7. The van der Waals surface area contributed by atoms with Gasteiger partial charge in [0.2, 0.25) is 5.91 Å². The number of allylic oxidation sites excluding steroid dienone is 5. The van der Waals surface area contributed by atoms with Crippen LogP contribution >= 0.6 is 0 Å². The van der Waals surface area contributed by atoms with Crippen molar-refractivity contribution < 1.29 is 24.2 Å². The first-order valence-electron chi connectivity index (χ1n) is 16.1. The first kappa shape index (κ1) is 37.6. The lowest BCUT2D eigenvalue weighted by molar-refractivity contribution is -0.147. The molecular weight excluding hydrogens is 502 g/mol. The largest absolute Gasteiger partial charge is 0.480 e. The Kier molecular flexibility index (Phi) is 27.9. The van der Waals surface area contributed by atoms with Crippen molar-refractivity contribution in [3.63, 3.8) is 0 Å². The van der Waals surface area contributed by atoms with Crippen LogP contribution in [0.25, 0.3) is 0 Å². The molecule has 230 valence electrons. The Bertz CT molecular complexity index is 713. The van der Waals surface area contributed by atoms with Crippen LogP contribution in [0.3, 0.4) is 0 Å². The molecule has 1 amide bonds. The number of carboxylic acids is 1. The summed E-state index contributed by atoms with van der Waals surface area (Å²) in [6, 6.07) is 0. The van der Waals surface area contributed by atoms with Gasteiger partial charge in [0.05, 0.1) is 0 Å². The third-order valence-electron chi connectivity index (χ3n) is 6.77. The van der Waals surface area contributed by atoms with Crippen molar-refractivity contribution >= 4 is 17.8 Å². The highest BCUT2D eigenvalue weighted by molar-refractivity contribution is 5.80. The van der Waals surface area contributed by atoms with Crippen molar-refractivity contribution in [1.29, 1.82) is 0 Å². The Balaban J connectivity index is 4.29. The summed E-state index contributed by atoms with van der Waals surface area (Å²) in [5, 5.41) is 11.0. The topological polar surface area (TPSA) is 92.7 Å². The standard InChI is InChI=1S/C34H59NO5/c1-3-5-7-9-11-13-14-15-17-19-25-29-34(39)40-31(26-22-18-16-12-10-8-6-4-2)27-23-20-21-24-28-32(36)35-30-33(37)38/h9,11-12,16,22,26,31H,3-8,10,13-15,17-21,23-25,27-30H2,1-2H3,(H,35,36)(H,37,38)/b11-9-,16-12-,26-22-. The predicted octanol–water partition coefficient (Wildman–Crippen LogP) is 9.00. The molecular formula is C34H59NO5. The number of rotatable bonds is 28. The van der Waals surface area contributed by atoms with Gasteiger partial charge in [-0.3, -0.25) is 14.4 Å². The molecule has 0 rings (SSSR count). The SMILES string of the molecule is CCCC/C=C\CCCCCCCC(=O)OC(/C=C\C/C=C\CCCCC)CCCCCCC(=O)NCC(=O)O. The maximum atomic E-state index is 12.5. The van der Waals surface area contributed by atoms with Gasteiger partial charge in [0.1, 0.15) is 12.6 Å². The summed E-state index contributed by atoms with van der Waals surface area (Å²) in [4.78, 5) is 34.6. The zero-order chi connectivity index (χ0) is 29.5. The number of nitrogens with one attached hydrogen (secondary N) is 1. The average molecular weight is 562 g/mol. The van der Waals surface area contributed by atoms with Crippen LogP contribution in [0.15, 0.2) is 36.5 Å². The van der Waals surface area contributed by atoms with Gasteiger partial charge >= 0.3 is 11.9 Å². The number of ether oxygens (including phenoxy) is 1. The van der Waals surface area contributed by atoms with E-state index in [2.05, 4.69) is 49.5 Å². The molecule has 0 saturated carbocycles. The minimum Gasteiger partial charge on any atom is -0.480 e. The number of carbonyl (C=O) groups is 3. The van der Waals surface area contributed by atoms with Gasteiger partial charge in [0.25, 0.3) is 0 Å². The molecule has 40 heavy (non-hydrogen) atoms. The average Bonchev–Trinajstić information content (AvgIpc) is 2.93. The fourth-order valence-corrected chi connectivity index (χ4v) is 4.32. The molecule has 1 unspecified atom stereocenters. The first-order chi connectivity index (χ1) is 19.5. The lowest BCUT2D eigenvalue weighted by Crippen LogP contribution is -2.28. The molecule has 0 aromatic carbocycles. The van der Waals surface area contributed by atoms with Crippen LogP contribution in [0.4, 0.5) is 0 Å². The van der Waals surface area contributed by atoms with E-state index in [-0.39, 0.29) is 24.5 Å². The van der Waals surface area contributed by atoms with Gasteiger partial charge in [0, 0.05) is 12.8 Å². The molecule has 0 spiro atoms. The van der Waals surface area contributed by atoms with Gasteiger partial charge in [-0.1, -0.05) is 102 Å². The minimum absolute atomic E-state index is 0.112. The Morgan fingerprint density at radius 3 is 1.95 bits per heavy atom. The summed E-state index contributed by atoms with van der Waals surface area (Å²) >= 11 is 0. The Morgan fingerprint density at radius 1 is 0.675 bits per heavy atom. The molecule has 0 fully saturated rings. The molecule has 2 N–H and O–H groups in total. The monoisotopic (exact) mass is 561 g/mol. The maximum absolute atomic E-state index is 12.5. The summed E-state index contributed by atoms with van der Waals surface area (Å²) in [5.41, 5.74) is 0. The fraction of sp³-hybridized carbons (Fsp3) is 0.735. The molecule has 0 radical (unpaired) electrons. The van der Waals surface area contributed by atoms with E-state index in [1.807, 2.05) is 6.08 Å². The molecule has 0 bridgehead atoms.